The highest BCUT2D eigenvalue weighted by Crippen LogP contribution is 2.47. The average Bonchev–Trinajstić information content (AvgIpc) is 3.14. The van der Waals surface area contributed by atoms with Crippen LogP contribution in [-0.4, -0.2) is 67.9 Å². The number of methoxy groups -OCH3 is 1. The van der Waals surface area contributed by atoms with Crippen molar-refractivity contribution in [2.75, 3.05) is 46.4 Å². The van der Waals surface area contributed by atoms with Crippen LogP contribution in [0.2, 0.25) is 0 Å². The molecular formula is C21H31N3O3. The highest BCUT2D eigenvalue weighted by atomic mass is 16.5. The van der Waals surface area contributed by atoms with Crippen LogP contribution >= 0.6 is 0 Å². The van der Waals surface area contributed by atoms with Gasteiger partial charge in [0.1, 0.15) is 11.4 Å². The molecule has 4 rings (SSSR count). The van der Waals surface area contributed by atoms with E-state index in [9.17, 15) is 4.79 Å². The second kappa shape index (κ2) is 8.07. The van der Waals surface area contributed by atoms with Crippen molar-refractivity contribution in [3.8, 4) is 5.75 Å². The van der Waals surface area contributed by atoms with E-state index in [1.165, 1.54) is 12.8 Å². The van der Waals surface area contributed by atoms with E-state index >= 15 is 0 Å². The lowest BCUT2D eigenvalue weighted by atomic mass is 9.86. The third-order valence-corrected chi connectivity index (χ3v) is 6.28. The molecule has 1 atom stereocenters. The lowest BCUT2D eigenvalue weighted by molar-refractivity contribution is 0.0368. The van der Waals surface area contributed by atoms with Crippen LogP contribution in [0.15, 0.2) is 24.3 Å². The van der Waals surface area contributed by atoms with Gasteiger partial charge >= 0.3 is 6.03 Å². The number of nitrogens with zero attached hydrogens (tertiary/aromatic N) is 2. The summed E-state index contributed by atoms with van der Waals surface area (Å²) in [4.78, 5) is 17.2. The van der Waals surface area contributed by atoms with E-state index in [4.69, 9.17) is 9.47 Å². The van der Waals surface area contributed by atoms with Crippen molar-refractivity contribution in [3.63, 3.8) is 0 Å². The largest absolute Gasteiger partial charge is 0.487 e. The fourth-order valence-electron chi connectivity index (χ4n) is 4.71. The molecule has 0 aromatic heterocycles. The van der Waals surface area contributed by atoms with Crippen LogP contribution < -0.4 is 10.1 Å². The third-order valence-electron chi connectivity index (χ3n) is 6.28. The Morgan fingerprint density at radius 3 is 2.70 bits per heavy atom. The number of fused-ring (bicyclic) bond motifs is 1. The molecule has 27 heavy (non-hydrogen) atoms. The van der Waals surface area contributed by atoms with Gasteiger partial charge in [-0.05, 0) is 31.7 Å². The van der Waals surface area contributed by atoms with Crippen LogP contribution in [0.1, 0.15) is 43.7 Å². The smallest absolute Gasteiger partial charge is 0.317 e. The van der Waals surface area contributed by atoms with Gasteiger partial charge in [-0.1, -0.05) is 18.2 Å². The average molecular weight is 373 g/mol. The predicted octanol–water partition coefficient (Wildman–Crippen LogP) is 2.80. The Morgan fingerprint density at radius 2 is 1.96 bits per heavy atom. The molecule has 1 saturated heterocycles. The summed E-state index contributed by atoms with van der Waals surface area (Å²) in [5.41, 5.74) is 1.02. The molecule has 3 aliphatic rings. The van der Waals surface area contributed by atoms with Gasteiger partial charge in [-0.25, -0.2) is 4.79 Å². The topological polar surface area (TPSA) is 54.0 Å². The van der Waals surface area contributed by atoms with Crippen LogP contribution in [0.25, 0.3) is 0 Å². The Balaban J connectivity index is 1.40. The van der Waals surface area contributed by atoms with Gasteiger partial charge in [0.05, 0.1) is 12.6 Å². The van der Waals surface area contributed by atoms with Gasteiger partial charge in [0.15, 0.2) is 0 Å². The van der Waals surface area contributed by atoms with Gasteiger partial charge in [0.2, 0.25) is 0 Å². The van der Waals surface area contributed by atoms with E-state index in [2.05, 4.69) is 16.3 Å². The van der Waals surface area contributed by atoms with Crippen molar-refractivity contribution < 1.29 is 14.3 Å². The molecule has 6 nitrogen and oxygen atoms in total. The number of carbonyl (C=O) groups excluding carboxylic acids is 1. The second-order valence-corrected chi connectivity index (χ2v) is 8.06. The molecule has 148 valence electrons. The molecule has 1 saturated carbocycles. The Hall–Kier alpha value is -1.79. The van der Waals surface area contributed by atoms with E-state index in [0.717, 1.165) is 69.9 Å². The number of rotatable bonds is 4. The van der Waals surface area contributed by atoms with E-state index in [1.54, 1.807) is 7.11 Å². The lowest BCUT2D eigenvalue weighted by Gasteiger charge is -2.41. The highest BCUT2D eigenvalue weighted by Gasteiger charge is 2.43. The minimum absolute atomic E-state index is 0.0343. The first kappa shape index (κ1) is 18.6. The van der Waals surface area contributed by atoms with Gasteiger partial charge < -0.3 is 19.7 Å². The molecule has 2 heterocycles. The second-order valence-electron chi connectivity index (χ2n) is 8.06. The molecule has 0 bridgehead atoms. The molecule has 1 aromatic rings. The first-order valence-electron chi connectivity index (χ1n) is 10.2. The van der Waals surface area contributed by atoms with Gasteiger partial charge in [-0.3, -0.25) is 4.90 Å². The molecular weight excluding hydrogens is 342 g/mol. The van der Waals surface area contributed by atoms with Gasteiger partial charge in [-0.2, -0.15) is 0 Å². The summed E-state index contributed by atoms with van der Waals surface area (Å²) >= 11 is 0. The molecule has 1 aliphatic carbocycles. The van der Waals surface area contributed by atoms with Crippen LogP contribution in [0.3, 0.4) is 0 Å². The standard InChI is InChI=1S/C21H31N3O3/c1-26-15-14-23-10-12-24(13-11-23)20(25)22-18-16-21(8-4-5-9-21)27-19-7-3-2-6-17(18)19/h2-3,6-7,18H,4-5,8-16H2,1H3,(H,22,25)/t18-/m1/s1. The van der Waals surface area contributed by atoms with Crippen molar-refractivity contribution >= 4 is 6.03 Å². The molecule has 2 aliphatic heterocycles. The maximum Gasteiger partial charge on any atom is 0.317 e. The Labute approximate surface area is 161 Å². The van der Waals surface area contributed by atoms with Crippen LogP contribution in [-0.2, 0) is 4.74 Å². The summed E-state index contributed by atoms with van der Waals surface area (Å²) in [7, 11) is 1.73. The lowest BCUT2D eigenvalue weighted by Crippen LogP contribution is -2.53. The monoisotopic (exact) mass is 373 g/mol. The summed E-state index contributed by atoms with van der Waals surface area (Å²) in [5.74, 6) is 0.945. The van der Waals surface area contributed by atoms with Crippen molar-refractivity contribution in [2.24, 2.45) is 0 Å². The first-order valence-corrected chi connectivity index (χ1v) is 10.2. The number of urea groups is 1. The Kier molecular flexibility index (Phi) is 5.55. The zero-order chi connectivity index (χ0) is 18.7. The molecule has 6 heteroatoms. The molecule has 0 radical (unpaired) electrons. The number of hydrogen-bond acceptors (Lipinski definition) is 4. The summed E-state index contributed by atoms with van der Waals surface area (Å²) in [6, 6.07) is 8.27. The maximum absolute atomic E-state index is 12.9. The first-order chi connectivity index (χ1) is 13.2. The SMILES string of the molecule is COCCN1CCN(C(=O)N[C@@H]2CC3(CCCC3)Oc3ccccc32)CC1. The fraction of sp³-hybridized carbons (Fsp3) is 0.667. The van der Waals surface area contributed by atoms with E-state index < -0.39 is 0 Å². The molecule has 0 unspecified atom stereocenters. The zero-order valence-electron chi connectivity index (χ0n) is 16.3. The van der Waals surface area contributed by atoms with Crippen LogP contribution in [0.5, 0.6) is 5.75 Å². The summed E-state index contributed by atoms with van der Waals surface area (Å²) in [6.07, 6.45) is 5.49. The summed E-state index contributed by atoms with van der Waals surface area (Å²) < 4.78 is 11.6. The number of hydrogen-bond donors (Lipinski definition) is 1. The van der Waals surface area contributed by atoms with Crippen LogP contribution in [0.4, 0.5) is 4.79 Å². The normalized spacial score (nSPS) is 24.5. The minimum atomic E-state index is -0.0921. The summed E-state index contributed by atoms with van der Waals surface area (Å²) in [6.45, 7) is 5.03. The van der Waals surface area contributed by atoms with Crippen LogP contribution in [0, 0.1) is 0 Å². The number of para-hydroxylation sites is 1. The number of nitrogens with one attached hydrogen (secondary N) is 1. The van der Waals surface area contributed by atoms with Gasteiger partial charge in [0.25, 0.3) is 0 Å². The fourth-order valence-corrected chi connectivity index (χ4v) is 4.71. The zero-order valence-corrected chi connectivity index (χ0v) is 16.3. The number of ether oxygens (including phenoxy) is 2. The number of carbonyl (C=O) groups is 1. The molecule has 1 N–H and O–H groups in total. The highest BCUT2D eigenvalue weighted by molar-refractivity contribution is 5.75. The van der Waals surface area contributed by atoms with E-state index in [-0.39, 0.29) is 17.7 Å². The summed E-state index contributed by atoms with van der Waals surface area (Å²) in [5, 5.41) is 3.32. The molecule has 1 spiro atoms. The van der Waals surface area contributed by atoms with E-state index in [1.807, 2.05) is 23.1 Å². The van der Waals surface area contributed by atoms with Gasteiger partial charge in [-0.15, -0.1) is 0 Å². The Morgan fingerprint density at radius 1 is 1.22 bits per heavy atom. The van der Waals surface area contributed by atoms with Crippen molar-refractivity contribution in [3.05, 3.63) is 29.8 Å². The minimum Gasteiger partial charge on any atom is -0.487 e. The van der Waals surface area contributed by atoms with E-state index in [0.29, 0.717) is 0 Å². The molecule has 2 fully saturated rings. The number of amides is 2. The number of piperazine rings is 1. The predicted molar refractivity (Wildman–Crippen MR) is 104 cm³/mol. The third kappa shape index (κ3) is 4.06. The van der Waals surface area contributed by atoms with Gasteiger partial charge in [0, 0.05) is 51.8 Å². The quantitative estimate of drug-likeness (QED) is 0.882. The Bertz CT molecular complexity index is 652. The molecule has 2 amide bonds. The van der Waals surface area contributed by atoms with Crippen molar-refractivity contribution in [1.29, 1.82) is 0 Å². The molecule has 1 aromatic carbocycles. The number of benzene rings is 1. The maximum atomic E-state index is 12.9. The van der Waals surface area contributed by atoms with Crippen molar-refractivity contribution in [2.45, 2.75) is 43.7 Å². The van der Waals surface area contributed by atoms with Crippen molar-refractivity contribution in [1.82, 2.24) is 15.1 Å².